The first-order valence-corrected chi connectivity index (χ1v) is 12.1. The predicted molar refractivity (Wildman–Crippen MR) is 129 cm³/mol. The molecule has 2 N–H and O–H groups in total. The number of nitrogens with one attached hydrogen (secondary N) is 2. The van der Waals surface area contributed by atoms with Gasteiger partial charge in [-0.05, 0) is 49.5 Å². The number of halogens is 1. The van der Waals surface area contributed by atoms with Crippen molar-refractivity contribution in [3.05, 3.63) is 70.7 Å². The molecule has 0 aliphatic carbocycles. The van der Waals surface area contributed by atoms with Crippen LogP contribution in [-0.4, -0.2) is 54.3 Å². The third kappa shape index (κ3) is 8.90. The molecule has 0 bridgehead atoms. The Morgan fingerprint density at radius 3 is 2.27 bits per heavy atom. The average Bonchev–Trinajstić information content (AvgIpc) is 2.80. The fourth-order valence-corrected chi connectivity index (χ4v) is 3.68. The first-order chi connectivity index (χ1) is 15.8. The summed E-state index contributed by atoms with van der Waals surface area (Å²) in [6, 6.07) is 14.1. The first-order valence-electron chi connectivity index (χ1n) is 10.4. The molecule has 0 aliphatic rings. The molecule has 0 heterocycles. The van der Waals surface area contributed by atoms with Gasteiger partial charge in [-0.1, -0.05) is 54.1 Å². The normalized spacial score (nSPS) is 12.3. The number of hydrogen-bond acceptors (Lipinski definition) is 6. The lowest BCUT2D eigenvalue weighted by atomic mass is 10.0. The number of esters is 1. The minimum Gasteiger partial charge on any atom is -0.454 e. The second kappa shape index (κ2) is 13.6. The molecule has 176 valence electrons. The van der Waals surface area contributed by atoms with E-state index in [1.54, 1.807) is 24.3 Å². The molecule has 2 rings (SSSR count). The molecule has 0 aliphatic heterocycles. The minimum atomic E-state index is -0.943. The van der Waals surface area contributed by atoms with Gasteiger partial charge in [0.25, 0.3) is 11.8 Å². The highest BCUT2D eigenvalue weighted by molar-refractivity contribution is 7.98. The second-order valence-corrected chi connectivity index (χ2v) is 8.71. The average molecular weight is 491 g/mol. The van der Waals surface area contributed by atoms with Crippen molar-refractivity contribution < 1.29 is 23.9 Å². The summed E-state index contributed by atoms with van der Waals surface area (Å²) < 4.78 is 5.14. The topological polar surface area (TPSA) is 102 Å². The monoisotopic (exact) mass is 490 g/mol. The lowest BCUT2D eigenvalue weighted by Crippen LogP contribution is -2.45. The van der Waals surface area contributed by atoms with E-state index >= 15 is 0 Å². The molecule has 0 fully saturated rings. The lowest BCUT2D eigenvalue weighted by Gasteiger charge is -2.19. The van der Waals surface area contributed by atoms with Gasteiger partial charge in [-0.3, -0.25) is 14.4 Å². The maximum atomic E-state index is 12.6. The number of amides is 2. The van der Waals surface area contributed by atoms with Crippen molar-refractivity contribution in [2.75, 3.05) is 18.6 Å². The quantitative estimate of drug-likeness (QED) is 0.443. The minimum absolute atomic E-state index is 0.205. The molecule has 7 nitrogen and oxygen atoms in total. The zero-order valence-corrected chi connectivity index (χ0v) is 20.1. The van der Waals surface area contributed by atoms with Crippen molar-refractivity contribution in [3.63, 3.8) is 0 Å². The molecular weight excluding hydrogens is 464 g/mol. The summed E-state index contributed by atoms with van der Waals surface area (Å²) in [5.41, 5.74) is 1.14. The SMILES string of the molecule is CSCCC(NC(=O)c1ccccc1Cl)C(=O)OCC(=O)NC(Cc1ccccc1)C(C)=O. The fraction of sp³-hybridized carbons (Fsp3) is 0.333. The van der Waals surface area contributed by atoms with Crippen molar-refractivity contribution in [3.8, 4) is 0 Å². The molecule has 2 atom stereocenters. The Labute approximate surface area is 202 Å². The maximum absolute atomic E-state index is 12.6. The van der Waals surface area contributed by atoms with Crippen LogP contribution in [-0.2, 0) is 25.5 Å². The van der Waals surface area contributed by atoms with Crippen LogP contribution >= 0.6 is 23.4 Å². The van der Waals surface area contributed by atoms with Crippen molar-refractivity contribution in [2.45, 2.75) is 31.8 Å². The van der Waals surface area contributed by atoms with E-state index in [0.29, 0.717) is 18.6 Å². The van der Waals surface area contributed by atoms with E-state index in [1.165, 1.54) is 18.7 Å². The molecule has 2 amide bonds. The Balaban J connectivity index is 1.94. The Kier molecular flexibility index (Phi) is 10.9. The van der Waals surface area contributed by atoms with Crippen LogP contribution in [0.25, 0.3) is 0 Å². The summed E-state index contributed by atoms with van der Waals surface area (Å²) in [6.07, 6.45) is 2.53. The van der Waals surface area contributed by atoms with Gasteiger partial charge in [0.2, 0.25) is 0 Å². The van der Waals surface area contributed by atoms with E-state index < -0.39 is 36.5 Å². The summed E-state index contributed by atoms with van der Waals surface area (Å²) in [5.74, 6) is -1.45. The highest BCUT2D eigenvalue weighted by atomic mass is 35.5. The van der Waals surface area contributed by atoms with Crippen LogP contribution in [0.5, 0.6) is 0 Å². The summed E-state index contributed by atoms with van der Waals surface area (Å²) in [7, 11) is 0. The van der Waals surface area contributed by atoms with E-state index in [1.807, 2.05) is 36.6 Å². The molecule has 2 aromatic carbocycles. The van der Waals surface area contributed by atoms with E-state index in [9.17, 15) is 19.2 Å². The van der Waals surface area contributed by atoms with Gasteiger partial charge in [-0.25, -0.2) is 4.79 Å². The van der Waals surface area contributed by atoms with Crippen molar-refractivity contribution in [1.82, 2.24) is 10.6 Å². The van der Waals surface area contributed by atoms with Crippen molar-refractivity contribution >= 4 is 46.9 Å². The van der Waals surface area contributed by atoms with Gasteiger partial charge in [-0.2, -0.15) is 11.8 Å². The zero-order valence-electron chi connectivity index (χ0n) is 18.5. The molecule has 9 heteroatoms. The first kappa shape index (κ1) is 26.4. The summed E-state index contributed by atoms with van der Waals surface area (Å²) >= 11 is 7.57. The number of benzene rings is 2. The Bertz CT molecular complexity index is 970. The molecule has 0 spiro atoms. The third-order valence-electron chi connectivity index (χ3n) is 4.77. The van der Waals surface area contributed by atoms with Crippen molar-refractivity contribution in [2.24, 2.45) is 0 Å². The summed E-state index contributed by atoms with van der Waals surface area (Å²) in [6.45, 7) is 0.831. The number of rotatable bonds is 12. The van der Waals surface area contributed by atoms with Crippen LogP contribution in [0.4, 0.5) is 0 Å². The van der Waals surface area contributed by atoms with E-state index in [-0.39, 0.29) is 16.4 Å². The number of carbonyl (C=O) groups is 4. The van der Waals surface area contributed by atoms with Crippen LogP contribution in [0, 0.1) is 0 Å². The van der Waals surface area contributed by atoms with Crippen molar-refractivity contribution in [1.29, 1.82) is 0 Å². The number of Topliss-reactive ketones (excluding diaryl/α,β-unsaturated/α-hetero) is 1. The van der Waals surface area contributed by atoms with E-state index in [2.05, 4.69) is 10.6 Å². The van der Waals surface area contributed by atoms with Crippen LogP contribution < -0.4 is 10.6 Å². The van der Waals surface area contributed by atoms with E-state index in [0.717, 1.165) is 5.56 Å². The Morgan fingerprint density at radius 1 is 0.970 bits per heavy atom. The zero-order chi connectivity index (χ0) is 24.2. The molecule has 0 radical (unpaired) electrons. The number of ether oxygens (including phenoxy) is 1. The second-order valence-electron chi connectivity index (χ2n) is 7.32. The fourth-order valence-electron chi connectivity index (χ4n) is 2.99. The van der Waals surface area contributed by atoms with E-state index in [4.69, 9.17) is 16.3 Å². The van der Waals surface area contributed by atoms with Gasteiger partial charge in [0.05, 0.1) is 16.6 Å². The Hall–Kier alpha value is -2.84. The number of hydrogen-bond donors (Lipinski definition) is 2. The highest BCUT2D eigenvalue weighted by Crippen LogP contribution is 2.15. The van der Waals surface area contributed by atoms with Crippen LogP contribution in [0.15, 0.2) is 54.6 Å². The number of ketones is 1. The van der Waals surface area contributed by atoms with Gasteiger partial charge in [0.15, 0.2) is 12.4 Å². The highest BCUT2D eigenvalue weighted by Gasteiger charge is 2.25. The van der Waals surface area contributed by atoms with Gasteiger partial charge >= 0.3 is 5.97 Å². The standard InChI is InChI=1S/C24H27ClN2O5S/c1-16(28)21(14-17-8-4-3-5-9-17)26-22(29)15-32-24(31)20(12-13-33-2)27-23(30)18-10-6-7-11-19(18)25/h3-11,20-21H,12-15H2,1-2H3,(H,26,29)(H,27,30). The molecule has 0 saturated heterocycles. The summed E-state index contributed by atoms with van der Waals surface area (Å²) in [4.78, 5) is 49.4. The van der Waals surface area contributed by atoms with Crippen LogP contribution in [0.2, 0.25) is 5.02 Å². The largest absolute Gasteiger partial charge is 0.454 e. The third-order valence-corrected chi connectivity index (χ3v) is 5.75. The predicted octanol–water partition coefficient (Wildman–Crippen LogP) is 3.05. The number of carbonyl (C=O) groups excluding carboxylic acids is 4. The molecule has 0 saturated carbocycles. The molecule has 2 unspecified atom stereocenters. The molecule has 33 heavy (non-hydrogen) atoms. The van der Waals surface area contributed by atoms with Crippen LogP contribution in [0.3, 0.4) is 0 Å². The smallest absolute Gasteiger partial charge is 0.329 e. The summed E-state index contributed by atoms with van der Waals surface area (Å²) in [5, 5.41) is 5.49. The lowest BCUT2D eigenvalue weighted by molar-refractivity contribution is -0.150. The molecular formula is C24H27ClN2O5S. The van der Waals surface area contributed by atoms with Crippen LogP contribution in [0.1, 0.15) is 29.3 Å². The maximum Gasteiger partial charge on any atom is 0.329 e. The van der Waals surface area contributed by atoms with Gasteiger partial charge in [0, 0.05) is 0 Å². The van der Waals surface area contributed by atoms with Gasteiger partial charge in [-0.15, -0.1) is 0 Å². The molecule has 0 aromatic heterocycles. The molecule has 2 aromatic rings. The number of thioether (sulfide) groups is 1. The van der Waals surface area contributed by atoms with Gasteiger partial charge in [0.1, 0.15) is 6.04 Å². The Morgan fingerprint density at radius 2 is 1.64 bits per heavy atom. The van der Waals surface area contributed by atoms with Gasteiger partial charge < -0.3 is 15.4 Å².